The van der Waals surface area contributed by atoms with Crippen molar-refractivity contribution >= 4 is 40.0 Å². The van der Waals surface area contributed by atoms with Gasteiger partial charge < -0.3 is 9.47 Å². The first-order chi connectivity index (χ1) is 14.5. The molecule has 0 saturated carbocycles. The monoisotopic (exact) mass is 469 g/mol. The summed E-state index contributed by atoms with van der Waals surface area (Å²) in [4.78, 5) is 12.9. The molecule has 0 N–H and O–H groups in total. The van der Waals surface area contributed by atoms with Crippen LogP contribution >= 0.6 is 23.2 Å². The fourth-order valence-electron chi connectivity index (χ4n) is 3.28. The second kappa shape index (κ2) is 11.4. The van der Waals surface area contributed by atoms with Crippen LogP contribution in [-0.2, 0) is 33.7 Å². The van der Waals surface area contributed by atoms with E-state index in [-0.39, 0.29) is 19.0 Å². The molecule has 0 spiro atoms. The Morgan fingerprint density at radius 3 is 2.40 bits per heavy atom. The topological polar surface area (TPSA) is 55.8 Å². The Morgan fingerprint density at radius 1 is 1.03 bits per heavy atom. The van der Waals surface area contributed by atoms with Crippen molar-refractivity contribution < 1.29 is 18.5 Å². The van der Waals surface area contributed by atoms with Crippen molar-refractivity contribution in [3.05, 3.63) is 63.1 Å². The lowest BCUT2D eigenvalue weighted by atomic mass is 10.1. The van der Waals surface area contributed by atoms with Crippen molar-refractivity contribution in [1.29, 1.82) is 0 Å². The molecule has 0 bridgehead atoms. The number of ether oxygens (including phenoxy) is 2. The number of rotatable bonds is 9. The zero-order valence-electron chi connectivity index (χ0n) is 16.9. The van der Waals surface area contributed by atoms with E-state index in [1.807, 2.05) is 16.4 Å². The van der Waals surface area contributed by atoms with Crippen molar-refractivity contribution in [3.63, 3.8) is 0 Å². The third-order valence-electron chi connectivity index (χ3n) is 4.92. The molecule has 1 fully saturated rings. The molecule has 1 atom stereocenters. The Kier molecular flexibility index (Phi) is 8.86. The van der Waals surface area contributed by atoms with Gasteiger partial charge in [0.1, 0.15) is 17.6 Å². The highest BCUT2D eigenvalue weighted by Crippen LogP contribution is 2.30. The number of hydrogen-bond acceptors (Lipinski definition) is 4. The number of carbonyl (C=O) groups excluding carboxylic acids is 1. The van der Waals surface area contributed by atoms with E-state index in [0.717, 1.165) is 37.9 Å². The number of halogens is 2. The number of benzene rings is 2. The van der Waals surface area contributed by atoms with Crippen molar-refractivity contribution in [2.75, 3.05) is 26.8 Å². The predicted octanol–water partition coefficient (Wildman–Crippen LogP) is 5.05. The quantitative estimate of drug-likeness (QED) is 0.482. The smallest absolute Gasteiger partial charge is 0.188 e. The molecule has 2 aromatic carbocycles. The lowest BCUT2D eigenvalue weighted by Crippen LogP contribution is -2.31. The van der Waals surface area contributed by atoms with Crippen molar-refractivity contribution in [2.45, 2.75) is 37.4 Å². The summed E-state index contributed by atoms with van der Waals surface area (Å²) in [5.74, 6) is -0.124. The van der Waals surface area contributed by atoms with E-state index in [4.69, 9.17) is 32.7 Å². The van der Waals surface area contributed by atoms with Crippen LogP contribution in [0.4, 0.5) is 0 Å². The Morgan fingerprint density at radius 2 is 1.73 bits per heavy atom. The standard InChI is InChI=1S/C22H25Cl2NO4S/c1-28-13-16-5-7-17(8-6-16)21(26)15-29-14-18-11-22(20(24)12-19(18)23)30(27)25-9-3-2-4-10-25/h5-8,11-12H,2-4,9-10,13-15H2,1H3. The SMILES string of the molecule is COCc1ccc(C(=O)COCc2cc(S(=O)N3CCCCC3)c(Cl)cc2Cl)cc1. The van der Waals surface area contributed by atoms with Crippen LogP contribution in [0.15, 0.2) is 41.3 Å². The summed E-state index contributed by atoms with van der Waals surface area (Å²) in [5.41, 5.74) is 2.23. The van der Waals surface area contributed by atoms with Gasteiger partial charge in [0.15, 0.2) is 5.78 Å². The van der Waals surface area contributed by atoms with Gasteiger partial charge in [0.25, 0.3) is 0 Å². The molecule has 1 unspecified atom stereocenters. The lowest BCUT2D eigenvalue weighted by Gasteiger charge is -2.25. The summed E-state index contributed by atoms with van der Waals surface area (Å²) >= 11 is 12.6. The number of Topliss-reactive ketones (excluding diaryl/α,β-unsaturated/α-hetero) is 1. The van der Waals surface area contributed by atoms with Crippen LogP contribution in [0.25, 0.3) is 0 Å². The van der Waals surface area contributed by atoms with Crippen LogP contribution in [0.2, 0.25) is 10.0 Å². The molecular formula is C22H25Cl2NO4S. The van der Waals surface area contributed by atoms with Crippen LogP contribution in [0.1, 0.15) is 40.7 Å². The van der Waals surface area contributed by atoms with Gasteiger partial charge in [-0.3, -0.25) is 4.79 Å². The van der Waals surface area contributed by atoms with E-state index in [9.17, 15) is 9.00 Å². The van der Waals surface area contributed by atoms with Gasteiger partial charge in [0, 0.05) is 30.8 Å². The van der Waals surface area contributed by atoms with E-state index in [2.05, 4.69) is 0 Å². The van der Waals surface area contributed by atoms with Crippen LogP contribution in [0, 0.1) is 0 Å². The Balaban J connectivity index is 1.62. The number of methoxy groups -OCH3 is 1. The highest BCUT2D eigenvalue weighted by Gasteiger charge is 2.21. The molecule has 1 aliphatic heterocycles. The first-order valence-corrected chi connectivity index (χ1v) is 11.7. The van der Waals surface area contributed by atoms with E-state index in [1.54, 1.807) is 31.4 Å². The molecule has 1 saturated heterocycles. The average molecular weight is 470 g/mol. The van der Waals surface area contributed by atoms with Gasteiger partial charge in [-0.1, -0.05) is 53.9 Å². The minimum Gasteiger partial charge on any atom is -0.380 e. The number of ketones is 1. The molecule has 162 valence electrons. The summed E-state index contributed by atoms with van der Waals surface area (Å²) in [6, 6.07) is 10.5. The van der Waals surface area contributed by atoms with Crippen LogP contribution in [0.5, 0.6) is 0 Å². The van der Waals surface area contributed by atoms with E-state index >= 15 is 0 Å². The second-order valence-corrected chi connectivity index (χ2v) is 9.43. The maximum absolute atomic E-state index is 12.9. The maximum Gasteiger partial charge on any atom is 0.188 e. The largest absolute Gasteiger partial charge is 0.380 e. The maximum atomic E-state index is 12.9. The molecule has 1 heterocycles. The highest BCUT2D eigenvalue weighted by atomic mass is 35.5. The second-order valence-electron chi connectivity index (χ2n) is 7.16. The van der Waals surface area contributed by atoms with Gasteiger partial charge in [-0.25, -0.2) is 8.51 Å². The number of nitrogens with zero attached hydrogens (tertiary/aromatic N) is 1. The molecular weight excluding hydrogens is 445 g/mol. The van der Waals surface area contributed by atoms with E-state index in [0.29, 0.717) is 32.7 Å². The summed E-state index contributed by atoms with van der Waals surface area (Å²) in [6.07, 6.45) is 3.22. The van der Waals surface area contributed by atoms with Crippen molar-refractivity contribution in [2.24, 2.45) is 0 Å². The third-order valence-corrected chi connectivity index (χ3v) is 7.24. The Labute approximate surface area is 189 Å². The van der Waals surface area contributed by atoms with Crippen molar-refractivity contribution in [1.82, 2.24) is 4.31 Å². The van der Waals surface area contributed by atoms with Gasteiger partial charge in [-0.15, -0.1) is 0 Å². The van der Waals surface area contributed by atoms with E-state index in [1.165, 1.54) is 0 Å². The number of piperidine rings is 1. The molecule has 1 aliphatic rings. The number of hydrogen-bond donors (Lipinski definition) is 0. The zero-order chi connectivity index (χ0) is 21.5. The molecule has 8 heteroatoms. The zero-order valence-corrected chi connectivity index (χ0v) is 19.2. The molecule has 0 radical (unpaired) electrons. The summed E-state index contributed by atoms with van der Waals surface area (Å²) < 4.78 is 25.5. The molecule has 30 heavy (non-hydrogen) atoms. The summed E-state index contributed by atoms with van der Waals surface area (Å²) in [5, 5.41) is 0.802. The normalized spacial score (nSPS) is 15.8. The molecule has 5 nitrogen and oxygen atoms in total. The van der Waals surface area contributed by atoms with E-state index < -0.39 is 11.0 Å². The molecule has 2 aromatic rings. The lowest BCUT2D eigenvalue weighted by molar-refractivity contribution is 0.0726. The molecule has 0 amide bonds. The molecule has 0 aliphatic carbocycles. The van der Waals surface area contributed by atoms with Crippen molar-refractivity contribution in [3.8, 4) is 0 Å². The average Bonchev–Trinajstić information content (AvgIpc) is 2.76. The van der Waals surface area contributed by atoms with Gasteiger partial charge in [-0.05, 0) is 36.1 Å². The minimum absolute atomic E-state index is 0.0763. The number of carbonyl (C=O) groups is 1. The summed E-state index contributed by atoms with van der Waals surface area (Å²) in [7, 11) is 0.289. The Bertz CT molecular complexity index is 899. The van der Waals surface area contributed by atoms with Crippen LogP contribution in [0.3, 0.4) is 0 Å². The van der Waals surface area contributed by atoms with Gasteiger partial charge in [-0.2, -0.15) is 0 Å². The highest BCUT2D eigenvalue weighted by molar-refractivity contribution is 7.82. The fourth-order valence-corrected chi connectivity index (χ4v) is 5.25. The Hall–Kier alpha value is -1.28. The first-order valence-electron chi connectivity index (χ1n) is 9.83. The minimum atomic E-state index is -1.34. The third kappa shape index (κ3) is 6.13. The van der Waals surface area contributed by atoms with Crippen LogP contribution < -0.4 is 0 Å². The van der Waals surface area contributed by atoms with Gasteiger partial charge in [0.2, 0.25) is 0 Å². The first kappa shape index (κ1) is 23.4. The van der Waals surface area contributed by atoms with Crippen LogP contribution in [-0.4, -0.2) is 41.1 Å². The molecule has 3 rings (SSSR count). The molecule has 0 aromatic heterocycles. The van der Waals surface area contributed by atoms with Gasteiger partial charge in [0.05, 0.1) is 23.1 Å². The fraction of sp³-hybridized carbons (Fsp3) is 0.409. The van der Waals surface area contributed by atoms with Gasteiger partial charge >= 0.3 is 0 Å². The predicted molar refractivity (Wildman–Crippen MR) is 119 cm³/mol. The summed E-state index contributed by atoms with van der Waals surface area (Å²) in [6.45, 7) is 2.13.